The van der Waals surface area contributed by atoms with Crippen LogP contribution < -0.4 is 15.8 Å². The number of carbonyl (C=O) groups is 1. The number of rotatable bonds is 9. The molecule has 3 N–H and O–H groups in total. The normalized spacial score (nSPS) is 11.4. The molecule has 0 bridgehead atoms. The summed E-state index contributed by atoms with van der Waals surface area (Å²) in [5.41, 5.74) is 5.67. The number of benzene rings is 1. The summed E-state index contributed by atoms with van der Waals surface area (Å²) in [6.07, 6.45) is 3.15. The number of halogens is 1. The predicted octanol–water partition coefficient (Wildman–Crippen LogP) is 2.84. The van der Waals surface area contributed by atoms with Crippen LogP contribution in [-0.4, -0.2) is 31.4 Å². The van der Waals surface area contributed by atoms with E-state index in [9.17, 15) is 4.79 Å². The van der Waals surface area contributed by atoms with Gasteiger partial charge in [0.1, 0.15) is 5.75 Å². The van der Waals surface area contributed by atoms with Crippen molar-refractivity contribution in [1.82, 2.24) is 5.32 Å². The minimum atomic E-state index is 0. The summed E-state index contributed by atoms with van der Waals surface area (Å²) in [5, 5.41) is 2.98. The van der Waals surface area contributed by atoms with Crippen molar-refractivity contribution >= 4 is 30.1 Å². The van der Waals surface area contributed by atoms with Gasteiger partial charge in [-0.2, -0.15) is 0 Å². The SMILES string of the molecule is CCCCC(CN)NC(=O)CSc1cccc(OC)c1.Cl. The number of amides is 1. The van der Waals surface area contributed by atoms with Crippen LogP contribution in [0, 0.1) is 0 Å². The van der Waals surface area contributed by atoms with Crippen molar-refractivity contribution in [3.8, 4) is 5.75 Å². The van der Waals surface area contributed by atoms with Gasteiger partial charge in [-0.15, -0.1) is 24.2 Å². The average Bonchev–Trinajstić information content (AvgIpc) is 2.49. The van der Waals surface area contributed by atoms with Gasteiger partial charge in [0.15, 0.2) is 0 Å². The van der Waals surface area contributed by atoms with Crippen LogP contribution in [-0.2, 0) is 4.79 Å². The van der Waals surface area contributed by atoms with E-state index in [-0.39, 0.29) is 24.4 Å². The number of nitrogens with two attached hydrogens (primary N) is 1. The van der Waals surface area contributed by atoms with Crippen LogP contribution in [0.5, 0.6) is 5.75 Å². The third-order valence-corrected chi connectivity index (χ3v) is 3.96. The van der Waals surface area contributed by atoms with Crippen LogP contribution in [0.3, 0.4) is 0 Å². The van der Waals surface area contributed by atoms with Gasteiger partial charge in [-0.3, -0.25) is 4.79 Å². The molecule has 1 amide bonds. The number of hydrogen-bond donors (Lipinski definition) is 2. The topological polar surface area (TPSA) is 64.3 Å². The Balaban J connectivity index is 0.00000400. The minimum absolute atomic E-state index is 0. The van der Waals surface area contributed by atoms with Crippen LogP contribution in [0.1, 0.15) is 26.2 Å². The third-order valence-electron chi connectivity index (χ3n) is 2.97. The summed E-state index contributed by atoms with van der Waals surface area (Å²) in [4.78, 5) is 12.9. The highest BCUT2D eigenvalue weighted by molar-refractivity contribution is 8.00. The van der Waals surface area contributed by atoms with E-state index in [0.29, 0.717) is 12.3 Å². The number of hydrogen-bond acceptors (Lipinski definition) is 4. The molecule has 21 heavy (non-hydrogen) atoms. The molecule has 4 nitrogen and oxygen atoms in total. The highest BCUT2D eigenvalue weighted by atomic mass is 35.5. The van der Waals surface area contributed by atoms with Crippen molar-refractivity contribution in [2.24, 2.45) is 5.73 Å². The molecule has 0 fully saturated rings. The molecule has 0 aliphatic carbocycles. The fraction of sp³-hybridized carbons (Fsp3) is 0.533. The number of nitrogens with one attached hydrogen (secondary N) is 1. The Kier molecular flexibility index (Phi) is 11.2. The number of carbonyl (C=O) groups excluding carboxylic acids is 1. The molecule has 0 aliphatic rings. The van der Waals surface area contributed by atoms with Crippen LogP contribution in [0.4, 0.5) is 0 Å². The molecule has 0 aromatic heterocycles. The van der Waals surface area contributed by atoms with Crippen LogP contribution >= 0.6 is 24.2 Å². The van der Waals surface area contributed by atoms with Gasteiger partial charge in [-0.05, 0) is 24.6 Å². The molecule has 1 aromatic carbocycles. The lowest BCUT2D eigenvalue weighted by atomic mass is 10.1. The van der Waals surface area contributed by atoms with E-state index in [1.54, 1.807) is 7.11 Å². The number of unbranched alkanes of at least 4 members (excludes halogenated alkanes) is 1. The van der Waals surface area contributed by atoms with E-state index in [2.05, 4.69) is 12.2 Å². The summed E-state index contributed by atoms with van der Waals surface area (Å²) >= 11 is 1.50. The second kappa shape index (κ2) is 11.7. The van der Waals surface area contributed by atoms with Crippen LogP contribution in [0.25, 0.3) is 0 Å². The number of methoxy groups -OCH3 is 1. The molecule has 1 unspecified atom stereocenters. The molecule has 0 aliphatic heterocycles. The number of ether oxygens (including phenoxy) is 1. The fourth-order valence-corrected chi connectivity index (χ4v) is 2.56. The average molecular weight is 333 g/mol. The third kappa shape index (κ3) is 8.19. The first-order chi connectivity index (χ1) is 9.69. The monoisotopic (exact) mass is 332 g/mol. The first-order valence-corrected chi connectivity index (χ1v) is 7.94. The van der Waals surface area contributed by atoms with Crippen LogP contribution in [0.15, 0.2) is 29.2 Å². The fourth-order valence-electron chi connectivity index (χ4n) is 1.81. The summed E-state index contributed by atoms with van der Waals surface area (Å²) < 4.78 is 5.16. The zero-order chi connectivity index (χ0) is 14.8. The lowest BCUT2D eigenvalue weighted by molar-refractivity contribution is -0.119. The van der Waals surface area contributed by atoms with Gasteiger partial charge in [0, 0.05) is 17.5 Å². The molecule has 0 heterocycles. The van der Waals surface area contributed by atoms with E-state index in [1.807, 2.05) is 24.3 Å². The molecular weight excluding hydrogens is 308 g/mol. The first kappa shape index (κ1) is 20.1. The van der Waals surface area contributed by atoms with Gasteiger partial charge in [-0.25, -0.2) is 0 Å². The molecule has 1 aromatic rings. The second-order valence-corrected chi connectivity index (χ2v) is 5.66. The Labute approximate surface area is 137 Å². The maximum absolute atomic E-state index is 11.9. The van der Waals surface area contributed by atoms with E-state index < -0.39 is 0 Å². The molecule has 1 atom stereocenters. The van der Waals surface area contributed by atoms with Crippen molar-refractivity contribution in [2.75, 3.05) is 19.4 Å². The van der Waals surface area contributed by atoms with Gasteiger partial charge in [0.05, 0.1) is 12.9 Å². The molecule has 120 valence electrons. The Morgan fingerprint density at radius 3 is 2.86 bits per heavy atom. The van der Waals surface area contributed by atoms with E-state index in [4.69, 9.17) is 10.5 Å². The second-order valence-electron chi connectivity index (χ2n) is 4.61. The van der Waals surface area contributed by atoms with Gasteiger partial charge >= 0.3 is 0 Å². The van der Waals surface area contributed by atoms with Crippen LogP contribution in [0.2, 0.25) is 0 Å². The summed E-state index contributed by atoms with van der Waals surface area (Å²) in [6.45, 7) is 2.63. The summed E-state index contributed by atoms with van der Waals surface area (Å²) in [7, 11) is 1.63. The van der Waals surface area contributed by atoms with Gasteiger partial charge in [0.2, 0.25) is 5.91 Å². The lowest BCUT2D eigenvalue weighted by Crippen LogP contribution is -2.41. The van der Waals surface area contributed by atoms with E-state index in [1.165, 1.54) is 11.8 Å². The molecule has 0 saturated heterocycles. The molecule has 0 radical (unpaired) electrons. The molecule has 6 heteroatoms. The first-order valence-electron chi connectivity index (χ1n) is 6.95. The smallest absolute Gasteiger partial charge is 0.230 e. The number of thioether (sulfide) groups is 1. The van der Waals surface area contributed by atoms with Crippen molar-refractivity contribution in [3.05, 3.63) is 24.3 Å². The van der Waals surface area contributed by atoms with Crippen molar-refractivity contribution in [3.63, 3.8) is 0 Å². The van der Waals surface area contributed by atoms with E-state index in [0.717, 1.165) is 29.9 Å². The summed E-state index contributed by atoms with van der Waals surface area (Å²) in [5.74, 6) is 1.23. The Morgan fingerprint density at radius 1 is 1.48 bits per heavy atom. The molecular formula is C15H25ClN2O2S. The largest absolute Gasteiger partial charge is 0.497 e. The van der Waals surface area contributed by atoms with Crippen molar-refractivity contribution < 1.29 is 9.53 Å². The van der Waals surface area contributed by atoms with Crippen molar-refractivity contribution in [1.29, 1.82) is 0 Å². The Morgan fingerprint density at radius 2 is 2.24 bits per heavy atom. The van der Waals surface area contributed by atoms with Gasteiger partial charge < -0.3 is 15.8 Å². The summed E-state index contributed by atoms with van der Waals surface area (Å²) in [6, 6.07) is 7.80. The highest BCUT2D eigenvalue weighted by Gasteiger charge is 2.10. The van der Waals surface area contributed by atoms with Gasteiger partial charge in [0.25, 0.3) is 0 Å². The standard InChI is InChI=1S/C15H24N2O2S.ClH/c1-3-4-6-12(10-16)17-15(18)11-20-14-8-5-7-13(9-14)19-2;/h5,7-9,12H,3-4,6,10-11,16H2,1-2H3,(H,17,18);1H. The quantitative estimate of drug-likeness (QED) is 0.682. The molecule has 0 spiro atoms. The Bertz CT molecular complexity index is 418. The maximum atomic E-state index is 11.9. The maximum Gasteiger partial charge on any atom is 0.230 e. The zero-order valence-corrected chi connectivity index (χ0v) is 14.3. The minimum Gasteiger partial charge on any atom is -0.497 e. The highest BCUT2D eigenvalue weighted by Crippen LogP contribution is 2.22. The van der Waals surface area contributed by atoms with E-state index >= 15 is 0 Å². The molecule has 1 rings (SSSR count). The predicted molar refractivity (Wildman–Crippen MR) is 91.5 cm³/mol. The molecule has 0 saturated carbocycles. The Hall–Kier alpha value is -0.910. The zero-order valence-electron chi connectivity index (χ0n) is 12.6. The lowest BCUT2D eigenvalue weighted by Gasteiger charge is -2.16. The van der Waals surface area contributed by atoms with Gasteiger partial charge in [-0.1, -0.05) is 25.8 Å². The van der Waals surface area contributed by atoms with Crippen molar-refractivity contribution in [2.45, 2.75) is 37.1 Å².